The van der Waals surface area contributed by atoms with Crippen LogP contribution >= 0.6 is 0 Å². The molecule has 3 heteroatoms. The van der Waals surface area contributed by atoms with Crippen LogP contribution in [0.1, 0.15) is 87.5 Å². The van der Waals surface area contributed by atoms with E-state index in [0.29, 0.717) is 16.6 Å². The summed E-state index contributed by atoms with van der Waals surface area (Å²) in [5, 5.41) is 2.97. The molecule has 0 unspecified atom stereocenters. The highest BCUT2D eigenvalue weighted by Crippen LogP contribution is 2.40. The zero-order chi connectivity index (χ0) is 18.8. The number of rotatable bonds is 9. The second-order valence-corrected chi connectivity index (χ2v) is 13.4. The van der Waals surface area contributed by atoms with E-state index >= 15 is 0 Å². The van der Waals surface area contributed by atoms with E-state index in [0.717, 1.165) is 18.5 Å². The first-order valence-electron chi connectivity index (χ1n) is 9.67. The Balaban J connectivity index is 5.34. The fourth-order valence-corrected chi connectivity index (χ4v) is 9.01. The third kappa shape index (κ3) is 7.26. The van der Waals surface area contributed by atoms with Crippen LogP contribution in [0, 0.1) is 11.5 Å². The lowest BCUT2D eigenvalue weighted by Crippen LogP contribution is -2.43. The van der Waals surface area contributed by atoms with E-state index in [9.17, 15) is 4.79 Å². The summed E-state index contributed by atoms with van der Waals surface area (Å²) < 4.78 is 0. The average molecular weight is 350 g/mol. The summed E-state index contributed by atoms with van der Waals surface area (Å²) >= 11 is 0. The SMILES string of the molecule is CCCCCC/C(=C/C#C[Si](C(C)C)(C(C)C)C(C)C)NC(C)=O. The minimum Gasteiger partial charge on any atom is -0.329 e. The normalized spacial score (nSPS) is 12.5. The van der Waals surface area contributed by atoms with Gasteiger partial charge < -0.3 is 5.32 Å². The molecule has 1 amide bonds. The Morgan fingerprint density at radius 2 is 1.54 bits per heavy atom. The van der Waals surface area contributed by atoms with Gasteiger partial charge in [0, 0.05) is 18.7 Å². The van der Waals surface area contributed by atoms with Crippen molar-refractivity contribution in [3.05, 3.63) is 11.8 Å². The molecule has 0 radical (unpaired) electrons. The maximum Gasteiger partial charge on any atom is 0.221 e. The number of hydrogen-bond donors (Lipinski definition) is 1. The molecule has 0 aromatic heterocycles. The molecule has 0 saturated carbocycles. The molecule has 0 aliphatic heterocycles. The number of carbonyl (C=O) groups excluding carboxylic acids is 1. The van der Waals surface area contributed by atoms with Gasteiger partial charge in [-0.25, -0.2) is 0 Å². The first kappa shape index (κ1) is 23.0. The Hall–Kier alpha value is -1.01. The zero-order valence-corrected chi connectivity index (χ0v) is 18.3. The molecule has 138 valence electrons. The van der Waals surface area contributed by atoms with Crippen molar-refractivity contribution in [1.29, 1.82) is 0 Å². The predicted octanol–water partition coefficient (Wildman–Crippen LogP) is 6.20. The largest absolute Gasteiger partial charge is 0.329 e. The lowest BCUT2D eigenvalue weighted by Gasteiger charge is -2.38. The van der Waals surface area contributed by atoms with Crippen LogP contribution in [-0.2, 0) is 4.79 Å². The van der Waals surface area contributed by atoms with E-state index in [4.69, 9.17) is 0 Å². The Labute approximate surface area is 151 Å². The molecule has 2 nitrogen and oxygen atoms in total. The van der Waals surface area contributed by atoms with Gasteiger partial charge in [-0.05, 0) is 29.5 Å². The van der Waals surface area contributed by atoms with Gasteiger partial charge in [-0.3, -0.25) is 4.79 Å². The third-order valence-electron chi connectivity index (χ3n) is 5.04. The number of amides is 1. The highest BCUT2D eigenvalue weighted by atomic mass is 28.3. The van der Waals surface area contributed by atoms with Crippen molar-refractivity contribution in [2.45, 2.75) is 104 Å². The van der Waals surface area contributed by atoms with Crippen LogP contribution in [0.4, 0.5) is 0 Å². The van der Waals surface area contributed by atoms with Crippen molar-refractivity contribution in [2.75, 3.05) is 0 Å². The predicted molar refractivity (Wildman–Crippen MR) is 109 cm³/mol. The van der Waals surface area contributed by atoms with Crippen LogP contribution in [0.25, 0.3) is 0 Å². The maximum absolute atomic E-state index is 11.4. The van der Waals surface area contributed by atoms with Crippen molar-refractivity contribution in [3.8, 4) is 11.5 Å². The van der Waals surface area contributed by atoms with Gasteiger partial charge >= 0.3 is 0 Å². The second kappa shape index (κ2) is 11.5. The smallest absolute Gasteiger partial charge is 0.221 e. The Morgan fingerprint density at radius 3 is 1.96 bits per heavy atom. The summed E-state index contributed by atoms with van der Waals surface area (Å²) in [6.45, 7) is 17.7. The minimum atomic E-state index is -1.70. The summed E-state index contributed by atoms with van der Waals surface area (Å²) in [6, 6.07) is 0. The molecule has 1 N–H and O–H groups in total. The van der Waals surface area contributed by atoms with Crippen LogP contribution in [0.2, 0.25) is 16.6 Å². The quantitative estimate of drug-likeness (QED) is 0.300. The van der Waals surface area contributed by atoms with Crippen molar-refractivity contribution in [2.24, 2.45) is 0 Å². The van der Waals surface area contributed by atoms with Gasteiger partial charge in [0.1, 0.15) is 8.07 Å². The molecule has 0 bridgehead atoms. The van der Waals surface area contributed by atoms with E-state index in [1.807, 2.05) is 6.08 Å². The van der Waals surface area contributed by atoms with Crippen LogP contribution in [0.15, 0.2) is 11.8 Å². The maximum atomic E-state index is 11.4. The first-order chi connectivity index (χ1) is 11.2. The standard InChI is InChI=1S/C21H39NOSi/c1-9-10-11-12-14-21(22-20(8)23)15-13-16-24(17(2)3,18(4)5)19(6)7/h15,17-19H,9-12,14H2,1-8H3,(H,22,23)/b21-15-. The van der Waals surface area contributed by atoms with E-state index < -0.39 is 8.07 Å². The number of allylic oxidation sites excluding steroid dienone is 2. The van der Waals surface area contributed by atoms with Crippen molar-refractivity contribution < 1.29 is 4.79 Å². The Kier molecular flexibility index (Phi) is 11.0. The molecule has 0 aromatic rings. The van der Waals surface area contributed by atoms with Gasteiger partial charge in [-0.15, -0.1) is 5.54 Å². The van der Waals surface area contributed by atoms with Crippen LogP contribution < -0.4 is 5.32 Å². The molecule has 0 heterocycles. The van der Waals surface area contributed by atoms with E-state index in [-0.39, 0.29) is 5.91 Å². The van der Waals surface area contributed by atoms with Gasteiger partial charge in [-0.1, -0.05) is 73.6 Å². The molecular weight excluding hydrogens is 310 g/mol. The highest BCUT2D eigenvalue weighted by Gasteiger charge is 2.41. The Bertz CT molecular complexity index is 444. The molecule has 0 aliphatic carbocycles. The van der Waals surface area contributed by atoms with Crippen LogP contribution in [0.3, 0.4) is 0 Å². The van der Waals surface area contributed by atoms with Gasteiger partial charge in [0.2, 0.25) is 5.91 Å². The molecule has 0 fully saturated rings. The van der Waals surface area contributed by atoms with Crippen molar-refractivity contribution >= 4 is 14.0 Å². The van der Waals surface area contributed by atoms with Crippen molar-refractivity contribution in [3.63, 3.8) is 0 Å². The van der Waals surface area contributed by atoms with Crippen LogP contribution in [-0.4, -0.2) is 14.0 Å². The summed E-state index contributed by atoms with van der Waals surface area (Å²) in [5.74, 6) is 3.35. The van der Waals surface area contributed by atoms with Gasteiger partial charge in [-0.2, -0.15) is 0 Å². The number of carbonyl (C=O) groups is 1. The van der Waals surface area contributed by atoms with Gasteiger partial charge in [0.15, 0.2) is 0 Å². The second-order valence-electron chi connectivity index (χ2n) is 7.83. The molecular formula is C21H39NOSi. The summed E-state index contributed by atoms with van der Waals surface area (Å²) in [7, 11) is -1.70. The lowest BCUT2D eigenvalue weighted by molar-refractivity contribution is -0.118. The molecule has 0 saturated heterocycles. The summed E-state index contributed by atoms with van der Waals surface area (Å²) in [6.07, 6.45) is 7.68. The summed E-state index contributed by atoms with van der Waals surface area (Å²) in [4.78, 5) is 11.4. The van der Waals surface area contributed by atoms with Gasteiger partial charge in [0.25, 0.3) is 0 Å². The fraction of sp³-hybridized carbons (Fsp3) is 0.762. The summed E-state index contributed by atoms with van der Waals surface area (Å²) in [5.41, 5.74) is 6.57. The minimum absolute atomic E-state index is 0.00127. The lowest BCUT2D eigenvalue weighted by atomic mass is 10.1. The number of hydrogen-bond acceptors (Lipinski definition) is 1. The fourth-order valence-electron chi connectivity index (χ4n) is 3.82. The van der Waals surface area contributed by atoms with E-state index in [1.54, 1.807) is 6.92 Å². The number of unbranched alkanes of at least 4 members (excludes halogenated alkanes) is 3. The van der Waals surface area contributed by atoms with Crippen molar-refractivity contribution in [1.82, 2.24) is 5.32 Å². The highest BCUT2D eigenvalue weighted by molar-refractivity contribution is 6.90. The molecule has 0 spiro atoms. The monoisotopic (exact) mass is 349 g/mol. The first-order valence-corrected chi connectivity index (χ1v) is 11.9. The molecule has 24 heavy (non-hydrogen) atoms. The van der Waals surface area contributed by atoms with E-state index in [1.165, 1.54) is 19.3 Å². The van der Waals surface area contributed by atoms with Crippen LogP contribution in [0.5, 0.6) is 0 Å². The Morgan fingerprint density at radius 1 is 1.00 bits per heavy atom. The molecule has 0 atom stereocenters. The third-order valence-corrected chi connectivity index (χ3v) is 11.3. The van der Waals surface area contributed by atoms with E-state index in [2.05, 4.69) is 65.2 Å². The molecule has 0 rings (SSSR count). The zero-order valence-electron chi connectivity index (χ0n) is 17.3. The topological polar surface area (TPSA) is 29.1 Å². The molecule has 0 aliphatic rings. The van der Waals surface area contributed by atoms with Gasteiger partial charge in [0.05, 0.1) is 0 Å². The number of nitrogens with one attached hydrogen (secondary N) is 1. The molecule has 0 aromatic carbocycles. The average Bonchev–Trinajstić information content (AvgIpc) is 2.45.